The van der Waals surface area contributed by atoms with Gasteiger partial charge in [-0.3, -0.25) is 9.59 Å². The fraction of sp³-hybridized carbons (Fsp3) is 0.739. The first-order chi connectivity index (χ1) is 12.2. The molecule has 142 valence electrons. The number of fused-ring (bicyclic) bond motifs is 1. The second kappa shape index (κ2) is 5.56. The topological polar surface area (TPSA) is 43.4 Å². The van der Waals surface area contributed by atoms with E-state index in [0.717, 1.165) is 12.8 Å². The van der Waals surface area contributed by atoms with Crippen LogP contribution >= 0.6 is 0 Å². The Morgan fingerprint density at radius 3 is 2.69 bits per heavy atom. The zero-order valence-electron chi connectivity index (χ0n) is 16.9. The van der Waals surface area contributed by atoms with Crippen LogP contribution in [0.1, 0.15) is 66.7 Å². The summed E-state index contributed by atoms with van der Waals surface area (Å²) in [6.45, 7) is 11.7. The number of hydrogen-bond donors (Lipinski definition) is 0. The van der Waals surface area contributed by atoms with Crippen LogP contribution in [-0.4, -0.2) is 18.2 Å². The van der Waals surface area contributed by atoms with Crippen LogP contribution in [0.3, 0.4) is 0 Å². The molecule has 4 aliphatic rings. The Hall–Kier alpha value is -1.38. The van der Waals surface area contributed by atoms with Gasteiger partial charge in [-0.25, -0.2) is 0 Å². The molecule has 6 atom stereocenters. The summed E-state index contributed by atoms with van der Waals surface area (Å²) in [6.07, 6.45) is 8.43. The van der Waals surface area contributed by atoms with Crippen molar-refractivity contribution < 1.29 is 14.3 Å². The molecule has 0 bridgehead atoms. The number of Topliss-reactive ketones (excluding diaryl/α,β-unsaturated/α-hetero) is 1. The highest BCUT2D eigenvalue weighted by Gasteiger charge is 2.69. The molecule has 2 saturated carbocycles. The zero-order valence-corrected chi connectivity index (χ0v) is 16.9. The number of allylic oxidation sites excluding steroid dienone is 4. The van der Waals surface area contributed by atoms with Gasteiger partial charge in [-0.2, -0.15) is 0 Å². The average molecular weight is 357 g/mol. The lowest BCUT2D eigenvalue weighted by molar-refractivity contribution is -0.136. The van der Waals surface area contributed by atoms with Crippen LogP contribution in [0, 0.1) is 34.0 Å². The first-order valence-corrected chi connectivity index (χ1v) is 10.3. The summed E-state index contributed by atoms with van der Waals surface area (Å²) in [6, 6.07) is 0. The van der Waals surface area contributed by atoms with Crippen molar-refractivity contribution >= 4 is 11.6 Å². The Labute approximate surface area is 157 Å². The van der Waals surface area contributed by atoms with E-state index in [4.69, 9.17) is 4.74 Å². The van der Waals surface area contributed by atoms with E-state index in [9.17, 15) is 9.59 Å². The van der Waals surface area contributed by atoms with E-state index in [1.807, 2.05) is 6.92 Å². The van der Waals surface area contributed by atoms with Crippen LogP contribution in [0.25, 0.3) is 0 Å². The first kappa shape index (κ1) is 18.0. The second-order valence-electron chi connectivity index (χ2n) is 9.81. The minimum atomic E-state index is -0.520. The molecule has 0 heterocycles. The molecular weight excluding hydrogens is 324 g/mol. The van der Waals surface area contributed by atoms with Gasteiger partial charge < -0.3 is 4.74 Å². The van der Waals surface area contributed by atoms with Gasteiger partial charge in [0.1, 0.15) is 0 Å². The minimum Gasteiger partial charge on any atom is -0.490 e. The van der Waals surface area contributed by atoms with E-state index >= 15 is 0 Å². The van der Waals surface area contributed by atoms with E-state index in [2.05, 4.69) is 33.8 Å². The lowest BCUT2D eigenvalue weighted by Gasteiger charge is -2.56. The van der Waals surface area contributed by atoms with E-state index in [1.54, 1.807) is 0 Å². The van der Waals surface area contributed by atoms with E-state index < -0.39 is 5.41 Å². The quantitative estimate of drug-likeness (QED) is 0.663. The van der Waals surface area contributed by atoms with Gasteiger partial charge in [0.05, 0.1) is 6.61 Å². The summed E-state index contributed by atoms with van der Waals surface area (Å²) >= 11 is 0. The maximum absolute atomic E-state index is 13.4. The molecule has 0 aromatic carbocycles. The molecule has 4 rings (SSSR count). The number of ether oxygens (including phenoxy) is 1. The van der Waals surface area contributed by atoms with Crippen LogP contribution in [-0.2, 0) is 14.3 Å². The molecule has 26 heavy (non-hydrogen) atoms. The van der Waals surface area contributed by atoms with Crippen molar-refractivity contribution in [2.45, 2.75) is 66.7 Å². The van der Waals surface area contributed by atoms with Gasteiger partial charge in [-0.1, -0.05) is 32.4 Å². The Morgan fingerprint density at radius 2 is 2.00 bits per heavy atom. The summed E-state index contributed by atoms with van der Waals surface area (Å²) in [5.41, 5.74) is 1.27. The van der Waals surface area contributed by atoms with Gasteiger partial charge >= 0.3 is 0 Å². The molecule has 0 aliphatic heterocycles. The molecule has 0 radical (unpaired) electrons. The molecule has 3 heteroatoms. The van der Waals surface area contributed by atoms with Gasteiger partial charge in [-0.15, -0.1) is 0 Å². The lowest BCUT2D eigenvalue weighted by Crippen LogP contribution is -2.50. The van der Waals surface area contributed by atoms with Crippen LogP contribution in [0.4, 0.5) is 0 Å². The summed E-state index contributed by atoms with van der Waals surface area (Å²) < 4.78 is 5.45. The van der Waals surface area contributed by atoms with Gasteiger partial charge in [0.2, 0.25) is 0 Å². The number of ketones is 2. The summed E-state index contributed by atoms with van der Waals surface area (Å²) in [5.74, 6) is 1.80. The van der Waals surface area contributed by atoms with Crippen molar-refractivity contribution in [1.82, 2.24) is 0 Å². The molecule has 2 fully saturated rings. The Balaban J connectivity index is 1.84. The van der Waals surface area contributed by atoms with Gasteiger partial charge in [0, 0.05) is 17.9 Å². The van der Waals surface area contributed by atoms with Gasteiger partial charge in [-0.05, 0) is 68.1 Å². The molecule has 0 saturated heterocycles. The maximum Gasteiger partial charge on any atom is 0.198 e. The number of carbonyl (C=O) groups is 2. The minimum absolute atomic E-state index is 0.0225. The number of carbonyl (C=O) groups excluding carboxylic acids is 2. The van der Waals surface area contributed by atoms with Gasteiger partial charge in [0.15, 0.2) is 17.3 Å². The molecule has 3 nitrogen and oxygen atoms in total. The third-order valence-electron chi connectivity index (χ3n) is 8.81. The smallest absolute Gasteiger partial charge is 0.198 e. The Kier molecular flexibility index (Phi) is 3.85. The predicted molar refractivity (Wildman–Crippen MR) is 101 cm³/mol. The van der Waals surface area contributed by atoms with Crippen LogP contribution in [0.5, 0.6) is 0 Å². The summed E-state index contributed by atoms with van der Waals surface area (Å²) in [7, 11) is 0. The van der Waals surface area contributed by atoms with Crippen molar-refractivity contribution in [3.05, 3.63) is 23.5 Å². The van der Waals surface area contributed by atoms with E-state index in [-0.39, 0.29) is 34.1 Å². The molecule has 1 spiro atoms. The first-order valence-electron chi connectivity index (χ1n) is 10.3. The maximum atomic E-state index is 13.4. The van der Waals surface area contributed by atoms with Crippen molar-refractivity contribution in [3.63, 3.8) is 0 Å². The monoisotopic (exact) mass is 356 g/mol. The predicted octanol–water partition coefficient (Wildman–Crippen LogP) is 4.86. The van der Waals surface area contributed by atoms with Crippen LogP contribution in [0.15, 0.2) is 23.5 Å². The fourth-order valence-electron chi connectivity index (χ4n) is 7.24. The van der Waals surface area contributed by atoms with E-state index in [1.165, 1.54) is 24.5 Å². The SMILES string of the molecule is CCOC1=CC(=O)[C@]2(CC1=O)CC1(C)C(C)CCC3(C)C(C)=CCC2C31. The highest BCUT2D eigenvalue weighted by Crippen LogP contribution is 2.73. The Morgan fingerprint density at radius 1 is 1.27 bits per heavy atom. The van der Waals surface area contributed by atoms with Crippen molar-refractivity contribution in [3.8, 4) is 0 Å². The Bertz CT molecular complexity index is 732. The molecule has 5 unspecified atom stereocenters. The second-order valence-corrected chi connectivity index (χ2v) is 9.81. The third-order valence-corrected chi connectivity index (χ3v) is 8.81. The molecule has 4 aliphatic carbocycles. The van der Waals surface area contributed by atoms with Crippen LogP contribution < -0.4 is 0 Å². The fourth-order valence-corrected chi connectivity index (χ4v) is 7.24. The zero-order chi connectivity index (χ0) is 18.9. The standard InChI is InChI=1S/C23H32O3/c1-6-26-18-11-19(25)23(12-17(18)24)13-22(5)15(3)9-10-21(4)14(2)7-8-16(23)20(21)22/h7,11,15-16,20H,6,8-10,12-13H2,1-5H3/t15?,16?,20?,21?,22?,23-/m1/s1. The third kappa shape index (κ3) is 2.06. The highest BCUT2D eigenvalue weighted by molar-refractivity contribution is 6.10. The lowest BCUT2D eigenvalue weighted by atomic mass is 9.48. The molecule has 0 amide bonds. The number of hydrogen-bond acceptors (Lipinski definition) is 3. The van der Waals surface area contributed by atoms with Crippen molar-refractivity contribution in [1.29, 1.82) is 0 Å². The average Bonchev–Trinajstić information content (AvgIpc) is 2.85. The summed E-state index contributed by atoms with van der Waals surface area (Å²) in [5, 5.41) is 0. The molecule has 0 aromatic rings. The van der Waals surface area contributed by atoms with Crippen LogP contribution in [0.2, 0.25) is 0 Å². The highest BCUT2D eigenvalue weighted by atomic mass is 16.5. The largest absolute Gasteiger partial charge is 0.490 e. The normalized spacial score (nSPS) is 47.5. The summed E-state index contributed by atoms with van der Waals surface area (Å²) in [4.78, 5) is 26.2. The van der Waals surface area contributed by atoms with Crippen molar-refractivity contribution in [2.24, 2.45) is 34.0 Å². The number of rotatable bonds is 2. The van der Waals surface area contributed by atoms with Crippen molar-refractivity contribution in [2.75, 3.05) is 6.61 Å². The van der Waals surface area contributed by atoms with E-state index in [0.29, 0.717) is 24.9 Å². The molecule has 0 N–H and O–H groups in total. The molecular formula is C23H32O3. The molecule has 0 aromatic heterocycles. The van der Waals surface area contributed by atoms with Gasteiger partial charge in [0.25, 0.3) is 0 Å².